The molecule has 146 valence electrons. The molecule has 0 atom stereocenters. The summed E-state index contributed by atoms with van der Waals surface area (Å²) in [5.74, 6) is 2.63. The van der Waals surface area contributed by atoms with Crippen LogP contribution < -0.4 is 10.6 Å². The molecule has 5 rings (SSSR count). The number of hydrogen-bond donors (Lipinski definition) is 2. The summed E-state index contributed by atoms with van der Waals surface area (Å²) in [4.78, 5) is 29.0. The highest BCUT2D eigenvalue weighted by Crippen LogP contribution is 2.55. The second-order valence-corrected chi connectivity index (χ2v) is 9.37. The molecular formula is C20H34N4O2. The van der Waals surface area contributed by atoms with Crippen LogP contribution in [-0.4, -0.2) is 67.0 Å². The van der Waals surface area contributed by atoms with E-state index in [-0.39, 0.29) is 17.5 Å². The second kappa shape index (κ2) is 7.37. The van der Waals surface area contributed by atoms with Crippen molar-refractivity contribution >= 4 is 11.9 Å². The van der Waals surface area contributed by atoms with Crippen LogP contribution in [0.3, 0.4) is 0 Å². The van der Waals surface area contributed by atoms with Crippen molar-refractivity contribution in [3.63, 3.8) is 0 Å². The largest absolute Gasteiger partial charge is 0.341 e. The smallest absolute Gasteiger partial charge is 0.315 e. The minimum atomic E-state index is -0.0738. The number of urea groups is 1. The molecule has 5 fully saturated rings. The van der Waals surface area contributed by atoms with Gasteiger partial charge in [-0.15, -0.1) is 0 Å². The number of hydrogen-bond acceptors (Lipinski definition) is 3. The maximum Gasteiger partial charge on any atom is 0.315 e. The minimum absolute atomic E-state index is 0.0399. The maximum atomic E-state index is 12.4. The first-order valence-corrected chi connectivity index (χ1v) is 10.5. The van der Waals surface area contributed by atoms with Crippen LogP contribution in [0.4, 0.5) is 4.79 Å². The van der Waals surface area contributed by atoms with Crippen LogP contribution in [0.2, 0.25) is 0 Å². The Morgan fingerprint density at radius 2 is 1.62 bits per heavy atom. The molecule has 0 spiro atoms. The van der Waals surface area contributed by atoms with Gasteiger partial charge >= 0.3 is 6.03 Å². The van der Waals surface area contributed by atoms with Crippen molar-refractivity contribution in [1.82, 2.24) is 20.4 Å². The number of amides is 3. The summed E-state index contributed by atoms with van der Waals surface area (Å²) < 4.78 is 0. The zero-order valence-corrected chi connectivity index (χ0v) is 16.1. The van der Waals surface area contributed by atoms with Gasteiger partial charge < -0.3 is 20.4 Å². The summed E-state index contributed by atoms with van der Waals surface area (Å²) in [5, 5.41) is 6.26. The molecule has 2 N–H and O–H groups in total. The molecule has 1 heterocycles. The van der Waals surface area contributed by atoms with E-state index in [0.29, 0.717) is 13.0 Å². The Hall–Kier alpha value is -1.30. The molecule has 0 unspecified atom stereocenters. The summed E-state index contributed by atoms with van der Waals surface area (Å²) in [5.41, 5.74) is 0.0399. The van der Waals surface area contributed by atoms with Crippen molar-refractivity contribution in [1.29, 1.82) is 0 Å². The Kier molecular flexibility index (Phi) is 5.13. The van der Waals surface area contributed by atoms with Gasteiger partial charge in [-0.25, -0.2) is 4.79 Å². The molecule has 0 aromatic rings. The highest BCUT2D eigenvalue weighted by molar-refractivity contribution is 5.78. The standard InChI is InChI=1S/C20H34N4O2/c1-23-5-2-6-24(8-7-23)18(25)3-4-21-19(26)22-20-12-15-9-16(13-20)11-17(10-15)14-20/h15-17H,2-14H2,1H3,(H2,21,22,26). The molecule has 4 saturated carbocycles. The number of nitrogens with one attached hydrogen (secondary N) is 2. The molecule has 0 aromatic carbocycles. The van der Waals surface area contributed by atoms with Crippen molar-refractivity contribution in [3.8, 4) is 0 Å². The van der Waals surface area contributed by atoms with Gasteiger partial charge in [0.25, 0.3) is 0 Å². The van der Waals surface area contributed by atoms with Crippen LogP contribution in [0.1, 0.15) is 51.4 Å². The van der Waals surface area contributed by atoms with Gasteiger partial charge in [-0.3, -0.25) is 4.79 Å². The third-order valence-electron chi connectivity index (χ3n) is 7.11. The third kappa shape index (κ3) is 4.00. The van der Waals surface area contributed by atoms with Crippen LogP contribution in [0.25, 0.3) is 0 Å². The lowest BCUT2D eigenvalue weighted by Crippen LogP contribution is -2.61. The fourth-order valence-electron chi connectivity index (χ4n) is 6.29. The Morgan fingerprint density at radius 3 is 2.27 bits per heavy atom. The first kappa shape index (κ1) is 18.1. The lowest BCUT2D eigenvalue weighted by atomic mass is 9.53. The topological polar surface area (TPSA) is 64.7 Å². The predicted octanol–water partition coefficient (Wildman–Crippen LogP) is 1.81. The van der Waals surface area contributed by atoms with E-state index in [9.17, 15) is 9.59 Å². The van der Waals surface area contributed by atoms with Crippen molar-refractivity contribution in [2.75, 3.05) is 39.8 Å². The Labute approximate surface area is 157 Å². The normalized spacial score (nSPS) is 36.7. The Bertz CT molecular complexity index is 515. The van der Waals surface area contributed by atoms with Crippen molar-refractivity contribution < 1.29 is 9.59 Å². The van der Waals surface area contributed by atoms with Crippen LogP contribution in [0.5, 0.6) is 0 Å². The molecule has 4 bridgehead atoms. The van der Waals surface area contributed by atoms with Gasteiger partial charge in [0.2, 0.25) is 5.91 Å². The first-order chi connectivity index (χ1) is 12.5. The molecule has 3 amide bonds. The van der Waals surface area contributed by atoms with Crippen LogP contribution in [0, 0.1) is 17.8 Å². The van der Waals surface area contributed by atoms with Gasteiger partial charge in [0.05, 0.1) is 0 Å². The fourth-order valence-corrected chi connectivity index (χ4v) is 6.29. The molecule has 1 aliphatic heterocycles. The SMILES string of the molecule is CN1CCCN(C(=O)CCNC(=O)NC23CC4CC(CC(C4)C2)C3)CC1. The first-order valence-electron chi connectivity index (χ1n) is 10.5. The molecule has 0 radical (unpaired) electrons. The van der Waals surface area contributed by atoms with E-state index in [2.05, 4.69) is 22.6 Å². The van der Waals surface area contributed by atoms with E-state index in [1.807, 2.05) is 4.90 Å². The van der Waals surface area contributed by atoms with E-state index in [1.54, 1.807) is 0 Å². The van der Waals surface area contributed by atoms with Crippen molar-refractivity contribution in [3.05, 3.63) is 0 Å². The predicted molar refractivity (Wildman–Crippen MR) is 101 cm³/mol. The minimum Gasteiger partial charge on any atom is -0.341 e. The molecule has 1 saturated heterocycles. The van der Waals surface area contributed by atoms with E-state index in [1.165, 1.54) is 19.3 Å². The number of rotatable bonds is 4. The lowest BCUT2D eigenvalue weighted by Gasteiger charge is -2.56. The number of carbonyl (C=O) groups is 2. The highest BCUT2D eigenvalue weighted by Gasteiger charge is 2.51. The average molecular weight is 363 g/mol. The van der Waals surface area contributed by atoms with Gasteiger partial charge in [-0.05, 0) is 76.3 Å². The number of nitrogens with zero attached hydrogens (tertiary/aromatic N) is 2. The summed E-state index contributed by atoms with van der Waals surface area (Å²) in [6.07, 6.45) is 9.04. The third-order valence-corrected chi connectivity index (χ3v) is 7.11. The van der Waals surface area contributed by atoms with E-state index >= 15 is 0 Å². The monoisotopic (exact) mass is 362 g/mol. The number of carbonyl (C=O) groups excluding carboxylic acids is 2. The summed E-state index contributed by atoms with van der Waals surface area (Å²) in [7, 11) is 2.10. The van der Waals surface area contributed by atoms with Crippen LogP contribution in [0.15, 0.2) is 0 Å². The zero-order valence-electron chi connectivity index (χ0n) is 16.1. The van der Waals surface area contributed by atoms with Gasteiger partial charge in [-0.1, -0.05) is 0 Å². The summed E-state index contributed by atoms with van der Waals surface area (Å²) >= 11 is 0. The van der Waals surface area contributed by atoms with E-state index < -0.39 is 0 Å². The Balaban J connectivity index is 1.20. The van der Waals surface area contributed by atoms with Gasteiger partial charge in [0.15, 0.2) is 0 Å². The summed E-state index contributed by atoms with van der Waals surface area (Å²) in [6, 6.07) is -0.0738. The molecule has 26 heavy (non-hydrogen) atoms. The second-order valence-electron chi connectivity index (χ2n) is 9.37. The zero-order chi connectivity index (χ0) is 18.1. The molecule has 6 nitrogen and oxygen atoms in total. The molecule has 4 aliphatic carbocycles. The van der Waals surface area contributed by atoms with Crippen LogP contribution in [-0.2, 0) is 4.79 Å². The molecule has 6 heteroatoms. The van der Waals surface area contributed by atoms with Crippen LogP contribution >= 0.6 is 0 Å². The molecule has 5 aliphatic rings. The molecular weight excluding hydrogens is 328 g/mol. The fraction of sp³-hybridized carbons (Fsp3) is 0.900. The van der Waals surface area contributed by atoms with E-state index in [0.717, 1.165) is 69.6 Å². The number of likely N-dealkylation sites (N-methyl/N-ethyl adjacent to an activating group) is 1. The quantitative estimate of drug-likeness (QED) is 0.802. The van der Waals surface area contributed by atoms with Crippen molar-refractivity contribution in [2.24, 2.45) is 17.8 Å². The Morgan fingerprint density at radius 1 is 0.962 bits per heavy atom. The van der Waals surface area contributed by atoms with Crippen molar-refractivity contribution in [2.45, 2.75) is 56.9 Å². The lowest BCUT2D eigenvalue weighted by molar-refractivity contribution is -0.130. The van der Waals surface area contributed by atoms with E-state index in [4.69, 9.17) is 0 Å². The maximum absolute atomic E-state index is 12.4. The highest BCUT2D eigenvalue weighted by atomic mass is 16.2. The van der Waals surface area contributed by atoms with Gasteiger partial charge in [0.1, 0.15) is 0 Å². The average Bonchev–Trinajstić information content (AvgIpc) is 2.77. The summed E-state index contributed by atoms with van der Waals surface area (Å²) in [6.45, 7) is 4.06. The van der Waals surface area contributed by atoms with Gasteiger partial charge in [-0.2, -0.15) is 0 Å². The molecule has 0 aromatic heterocycles. The van der Waals surface area contributed by atoms with Gasteiger partial charge in [0, 0.05) is 38.1 Å².